The highest BCUT2D eigenvalue weighted by molar-refractivity contribution is 9.10. The summed E-state index contributed by atoms with van der Waals surface area (Å²) in [4.78, 5) is 38.5. The summed E-state index contributed by atoms with van der Waals surface area (Å²) in [5, 5.41) is 6.36. The van der Waals surface area contributed by atoms with E-state index >= 15 is 0 Å². The zero-order valence-electron chi connectivity index (χ0n) is 18.3. The van der Waals surface area contributed by atoms with Crippen LogP contribution in [0.15, 0.2) is 71.2 Å². The van der Waals surface area contributed by atoms with Crippen molar-refractivity contribution in [3.05, 3.63) is 93.0 Å². The number of carbonyl (C=O) groups is 3. The van der Waals surface area contributed by atoms with Gasteiger partial charge in [0, 0.05) is 15.5 Å². The number of anilines is 2. The second-order valence-electron chi connectivity index (χ2n) is 7.72. The van der Waals surface area contributed by atoms with Crippen LogP contribution in [0.5, 0.6) is 0 Å². The Labute approximate surface area is 209 Å². The zero-order valence-corrected chi connectivity index (χ0v) is 20.6. The Hall–Kier alpha value is -3.62. The van der Waals surface area contributed by atoms with E-state index < -0.39 is 17.7 Å². The predicted molar refractivity (Wildman–Crippen MR) is 138 cm³/mol. The molecular formula is C25H20BrClN4O3. The van der Waals surface area contributed by atoms with Gasteiger partial charge in [-0.05, 0) is 61.9 Å². The summed E-state index contributed by atoms with van der Waals surface area (Å²) in [6.07, 6.45) is 0. The maximum Gasteiger partial charge on any atom is 0.328 e. The fourth-order valence-electron chi connectivity index (χ4n) is 3.51. The highest BCUT2D eigenvalue weighted by Crippen LogP contribution is 2.25. The van der Waals surface area contributed by atoms with Gasteiger partial charge in [-0.15, -0.1) is 0 Å². The molecule has 0 atom stereocenters. The van der Waals surface area contributed by atoms with Gasteiger partial charge in [0.05, 0.1) is 16.2 Å². The highest BCUT2D eigenvalue weighted by Gasteiger charge is 2.22. The van der Waals surface area contributed by atoms with Gasteiger partial charge in [0.1, 0.15) is 5.69 Å². The minimum atomic E-state index is -0.957. The number of aryl methyl sites for hydroxylation is 2. The van der Waals surface area contributed by atoms with Crippen molar-refractivity contribution >= 4 is 67.5 Å². The van der Waals surface area contributed by atoms with Crippen molar-refractivity contribution in [3.63, 3.8) is 0 Å². The fourth-order valence-corrected chi connectivity index (χ4v) is 4.07. The molecule has 0 aliphatic heterocycles. The van der Waals surface area contributed by atoms with E-state index in [4.69, 9.17) is 11.6 Å². The van der Waals surface area contributed by atoms with E-state index in [0.717, 1.165) is 15.6 Å². The fraction of sp³-hybridized carbons (Fsp3) is 0.0800. The van der Waals surface area contributed by atoms with Gasteiger partial charge in [-0.2, -0.15) is 0 Å². The second kappa shape index (κ2) is 9.70. The Bertz CT molecular complexity index is 1450. The van der Waals surface area contributed by atoms with Gasteiger partial charge in [-0.1, -0.05) is 57.4 Å². The molecule has 7 nitrogen and oxygen atoms in total. The van der Waals surface area contributed by atoms with Gasteiger partial charge in [-0.3, -0.25) is 19.8 Å². The van der Waals surface area contributed by atoms with E-state index in [0.29, 0.717) is 27.3 Å². The lowest BCUT2D eigenvalue weighted by atomic mass is 10.1. The third kappa shape index (κ3) is 4.98. The highest BCUT2D eigenvalue weighted by atomic mass is 79.9. The van der Waals surface area contributed by atoms with Crippen LogP contribution in [0.1, 0.15) is 21.6 Å². The molecule has 9 heteroatoms. The van der Waals surface area contributed by atoms with Crippen LogP contribution >= 0.6 is 27.5 Å². The number of benzene rings is 3. The number of aromatic nitrogens is 1. The standard InChI is InChI=1S/C25H20BrClN4O3/c1-14-7-9-19(15(2)11-14)28-23(32)22-13-16-12-17(26)8-10-21(16)31(22)30-25(34)24(33)29-20-6-4-3-5-18(20)27/h3-13H,1-2H3,(H,28,32)(H,29,33)(H,30,34). The first-order valence-corrected chi connectivity index (χ1v) is 11.5. The number of para-hydroxylation sites is 1. The number of amides is 3. The van der Waals surface area contributed by atoms with Crippen molar-refractivity contribution in [1.82, 2.24) is 4.68 Å². The first-order valence-electron chi connectivity index (χ1n) is 10.3. The molecule has 1 heterocycles. The average molecular weight is 540 g/mol. The van der Waals surface area contributed by atoms with Crippen LogP contribution in [-0.2, 0) is 9.59 Å². The van der Waals surface area contributed by atoms with E-state index in [2.05, 4.69) is 32.0 Å². The Morgan fingerprint density at radius 2 is 1.62 bits per heavy atom. The van der Waals surface area contributed by atoms with Crippen LogP contribution < -0.4 is 16.1 Å². The molecular weight excluding hydrogens is 520 g/mol. The Kier molecular flexibility index (Phi) is 6.72. The van der Waals surface area contributed by atoms with Crippen molar-refractivity contribution in [2.75, 3.05) is 16.1 Å². The normalized spacial score (nSPS) is 10.7. The first kappa shape index (κ1) is 23.5. The topological polar surface area (TPSA) is 92.2 Å². The van der Waals surface area contributed by atoms with Crippen LogP contribution in [0.25, 0.3) is 10.9 Å². The molecule has 3 N–H and O–H groups in total. The minimum absolute atomic E-state index is 0.159. The van der Waals surface area contributed by atoms with Crippen LogP contribution in [0.2, 0.25) is 5.02 Å². The summed E-state index contributed by atoms with van der Waals surface area (Å²) in [6, 6.07) is 19.2. The molecule has 0 aliphatic rings. The van der Waals surface area contributed by atoms with E-state index in [9.17, 15) is 14.4 Å². The molecule has 0 saturated carbocycles. The van der Waals surface area contributed by atoms with Crippen molar-refractivity contribution in [2.24, 2.45) is 0 Å². The summed E-state index contributed by atoms with van der Waals surface area (Å²) in [7, 11) is 0. The number of fused-ring (bicyclic) bond motifs is 1. The number of nitrogens with zero attached hydrogens (tertiary/aromatic N) is 1. The maximum absolute atomic E-state index is 13.2. The lowest BCUT2D eigenvalue weighted by molar-refractivity contribution is -0.133. The van der Waals surface area contributed by atoms with Gasteiger partial charge in [0.2, 0.25) is 0 Å². The number of nitrogens with one attached hydrogen (secondary N) is 3. The van der Waals surface area contributed by atoms with Crippen molar-refractivity contribution in [1.29, 1.82) is 0 Å². The van der Waals surface area contributed by atoms with E-state index in [-0.39, 0.29) is 5.69 Å². The van der Waals surface area contributed by atoms with E-state index in [1.165, 1.54) is 4.68 Å². The third-order valence-electron chi connectivity index (χ3n) is 5.17. The summed E-state index contributed by atoms with van der Waals surface area (Å²) in [5.74, 6) is -2.32. The number of rotatable bonds is 4. The smallest absolute Gasteiger partial charge is 0.320 e. The summed E-state index contributed by atoms with van der Waals surface area (Å²) in [6.45, 7) is 3.87. The molecule has 4 aromatic rings. The van der Waals surface area contributed by atoms with Gasteiger partial charge >= 0.3 is 11.8 Å². The maximum atomic E-state index is 13.2. The number of carbonyl (C=O) groups excluding carboxylic acids is 3. The molecule has 172 valence electrons. The molecule has 3 amide bonds. The lowest BCUT2D eigenvalue weighted by Crippen LogP contribution is -2.36. The average Bonchev–Trinajstić information content (AvgIpc) is 3.14. The largest absolute Gasteiger partial charge is 0.328 e. The van der Waals surface area contributed by atoms with Crippen LogP contribution in [-0.4, -0.2) is 22.4 Å². The van der Waals surface area contributed by atoms with Gasteiger partial charge in [0.15, 0.2) is 0 Å². The van der Waals surface area contributed by atoms with Crippen molar-refractivity contribution in [3.8, 4) is 0 Å². The molecule has 0 bridgehead atoms. The molecule has 0 radical (unpaired) electrons. The van der Waals surface area contributed by atoms with Crippen molar-refractivity contribution < 1.29 is 14.4 Å². The number of halogens is 2. The zero-order chi connectivity index (χ0) is 24.4. The minimum Gasteiger partial charge on any atom is -0.320 e. The quantitative estimate of drug-likeness (QED) is 0.293. The summed E-state index contributed by atoms with van der Waals surface area (Å²) >= 11 is 9.48. The van der Waals surface area contributed by atoms with Gasteiger partial charge in [0.25, 0.3) is 5.91 Å². The van der Waals surface area contributed by atoms with Crippen LogP contribution in [0.4, 0.5) is 11.4 Å². The molecule has 0 aliphatic carbocycles. The summed E-state index contributed by atoms with van der Waals surface area (Å²) in [5.41, 5.74) is 6.17. The van der Waals surface area contributed by atoms with Gasteiger partial charge in [-0.25, -0.2) is 4.68 Å². The SMILES string of the molecule is Cc1ccc(NC(=O)c2cc3cc(Br)ccc3n2NC(=O)C(=O)Nc2ccccc2Cl)c(C)c1. The molecule has 0 fully saturated rings. The van der Waals surface area contributed by atoms with Gasteiger partial charge < -0.3 is 10.6 Å². The Morgan fingerprint density at radius 1 is 0.853 bits per heavy atom. The summed E-state index contributed by atoms with van der Waals surface area (Å²) < 4.78 is 2.11. The van der Waals surface area contributed by atoms with E-state index in [1.807, 2.05) is 38.1 Å². The predicted octanol–water partition coefficient (Wildman–Crippen LogP) is 5.64. The molecule has 0 saturated heterocycles. The monoisotopic (exact) mass is 538 g/mol. The molecule has 0 spiro atoms. The second-order valence-corrected chi connectivity index (χ2v) is 9.04. The first-order chi connectivity index (χ1) is 16.2. The lowest BCUT2D eigenvalue weighted by Gasteiger charge is -2.14. The Balaban J connectivity index is 1.65. The molecule has 3 aromatic carbocycles. The number of hydrogen-bond donors (Lipinski definition) is 3. The Morgan fingerprint density at radius 3 is 2.35 bits per heavy atom. The van der Waals surface area contributed by atoms with Crippen molar-refractivity contribution in [2.45, 2.75) is 13.8 Å². The molecule has 4 rings (SSSR count). The van der Waals surface area contributed by atoms with Crippen LogP contribution in [0.3, 0.4) is 0 Å². The molecule has 34 heavy (non-hydrogen) atoms. The third-order valence-corrected chi connectivity index (χ3v) is 5.99. The molecule has 1 aromatic heterocycles. The number of hydrogen-bond acceptors (Lipinski definition) is 3. The van der Waals surface area contributed by atoms with E-state index in [1.54, 1.807) is 42.5 Å². The van der Waals surface area contributed by atoms with Crippen LogP contribution in [0, 0.1) is 13.8 Å². The molecule has 0 unspecified atom stereocenters.